The first-order valence-corrected chi connectivity index (χ1v) is 11.2. The summed E-state index contributed by atoms with van der Waals surface area (Å²) < 4.78 is 11.2. The Labute approximate surface area is 182 Å². The van der Waals surface area contributed by atoms with E-state index in [1.165, 1.54) is 19.3 Å². The molecule has 2 aromatic carbocycles. The van der Waals surface area contributed by atoms with Crippen molar-refractivity contribution in [1.29, 1.82) is 0 Å². The molecule has 2 amide bonds. The highest BCUT2D eigenvalue weighted by atomic mass is 16.6. The van der Waals surface area contributed by atoms with Gasteiger partial charge in [-0.25, -0.2) is 0 Å². The average molecular weight is 421 g/mol. The molecule has 1 fully saturated rings. The van der Waals surface area contributed by atoms with E-state index in [1.54, 1.807) is 6.07 Å². The molecule has 0 radical (unpaired) electrons. The third kappa shape index (κ3) is 3.75. The average Bonchev–Trinajstić information content (AvgIpc) is 3.16. The van der Waals surface area contributed by atoms with Gasteiger partial charge in [-0.1, -0.05) is 37.5 Å². The summed E-state index contributed by atoms with van der Waals surface area (Å²) in [7, 11) is 0. The monoisotopic (exact) mass is 420 g/mol. The van der Waals surface area contributed by atoms with Crippen molar-refractivity contribution in [3.8, 4) is 11.5 Å². The summed E-state index contributed by atoms with van der Waals surface area (Å²) in [6.45, 7) is 3.61. The number of carbonyl (C=O) groups excluding carboxylic acids is 2. The molecule has 1 unspecified atom stereocenters. The standard InChI is InChI=1S/C25H28N2O4/c1-16(17-10-11-21-22(14-17)31-13-12-30-21)26-24(28)20-9-5-6-18-15-27(25(29)23(18)20)19-7-3-2-4-8-19/h5-6,9-11,14,16,19H,2-4,7-8,12-13,15H2,1H3,(H,26,28). The summed E-state index contributed by atoms with van der Waals surface area (Å²) in [5.74, 6) is 1.20. The fourth-order valence-corrected chi connectivity index (χ4v) is 4.95. The Morgan fingerprint density at radius 3 is 2.65 bits per heavy atom. The minimum atomic E-state index is -0.231. The second-order valence-corrected chi connectivity index (χ2v) is 8.66. The van der Waals surface area contributed by atoms with Crippen LogP contribution in [0.4, 0.5) is 0 Å². The predicted molar refractivity (Wildman–Crippen MR) is 117 cm³/mol. The van der Waals surface area contributed by atoms with E-state index in [9.17, 15) is 9.59 Å². The van der Waals surface area contributed by atoms with E-state index >= 15 is 0 Å². The van der Waals surface area contributed by atoms with Gasteiger partial charge in [-0.2, -0.15) is 0 Å². The topological polar surface area (TPSA) is 67.9 Å². The zero-order valence-electron chi connectivity index (χ0n) is 17.9. The number of nitrogens with one attached hydrogen (secondary N) is 1. The number of carbonyl (C=O) groups is 2. The highest BCUT2D eigenvalue weighted by Gasteiger charge is 2.36. The van der Waals surface area contributed by atoms with Gasteiger partial charge in [0.15, 0.2) is 11.5 Å². The summed E-state index contributed by atoms with van der Waals surface area (Å²) in [5, 5.41) is 3.06. The summed E-state index contributed by atoms with van der Waals surface area (Å²) in [5.41, 5.74) is 2.92. The van der Waals surface area contributed by atoms with Crippen LogP contribution in [0.3, 0.4) is 0 Å². The van der Waals surface area contributed by atoms with Crippen LogP contribution in [0.1, 0.15) is 76.9 Å². The fraction of sp³-hybridized carbons (Fsp3) is 0.440. The van der Waals surface area contributed by atoms with Crippen LogP contribution in [0, 0.1) is 0 Å². The number of benzene rings is 2. The maximum absolute atomic E-state index is 13.3. The van der Waals surface area contributed by atoms with Crippen LogP contribution in [0.25, 0.3) is 0 Å². The molecule has 0 bridgehead atoms. The molecular formula is C25H28N2O4. The Morgan fingerprint density at radius 1 is 1.06 bits per heavy atom. The van der Waals surface area contributed by atoms with Crippen LogP contribution >= 0.6 is 0 Å². The molecule has 1 saturated carbocycles. The van der Waals surface area contributed by atoms with Crippen LogP contribution in [0.5, 0.6) is 11.5 Å². The molecule has 0 saturated heterocycles. The van der Waals surface area contributed by atoms with E-state index in [4.69, 9.17) is 9.47 Å². The number of ether oxygens (including phenoxy) is 2. The molecule has 0 aromatic heterocycles. The van der Waals surface area contributed by atoms with Gasteiger partial charge in [0.1, 0.15) is 13.2 Å². The van der Waals surface area contributed by atoms with Crippen molar-refractivity contribution in [2.45, 2.75) is 57.7 Å². The molecule has 2 aliphatic heterocycles. The first-order valence-electron chi connectivity index (χ1n) is 11.2. The third-order valence-corrected chi connectivity index (χ3v) is 6.64. The minimum absolute atomic E-state index is 0.000340. The lowest BCUT2D eigenvalue weighted by atomic mass is 9.94. The molecule has 1 aliphatic carbocycles. The van der Waals surface area contributed by atoms with Crippen LogP contribution in [-0.4, -0.2) is 36.0 Å². The molecule has 2 heterocycles. The fourth-order valence-electron chi connectivity index (χ4n) is 4.95. The molecule has 2 aromatic rings. The summed E-state index contributed by atoms with van der Waals surface area (Å²) in [6.07, 6.45) is 5.71. The van der Waals surface area contributed by atoms with Crippen LogP contribution in [0.15, 0.2) is 36.4 Å². The largest absolute Gasteiger partial charge is 0.486 e. The first kappa shape index (κ1) is 19.9. The SMILES string of the molecule is CC(NC(=O)c1cccc2c1C(=O)N(C1CCCCC1)C2)c1ccc2c(c1)OCCO2. The quantitative estimate of drug-likeness (QED) is 0.804. The third-order valence-electron chi connectivity index (χ3n) is 6.64. The molecule has 3 aliphatic rings. The van der Waals surface area contributed by atoms with Gasteiger partial charge >= 0.3 is 0 Å². The van der Waals surface area contributed by atoms with E-state index in [2.05, 4.69) is 5.32 Å². The van der Waals surface area contributed by atoms with Crippen molar-refractivity contribution < 1.29 is 19.1 Å². The van der Waals surface area contributed by atoms with E-state index in [-0.39, 0.29) is 17.9 Å². The van der Waals surface area contributed by atoms with Gasteiger partial charge in [0.25, 0.3) is 11.8 Å². The molecule has 6 heteroatoms. The second kappa shape index (κ2) is 8.25. The molecule has 162 valence electrons. The Morgan fingerprint density at radius 2 is 1.84 bits per heavy atom. The molecule has 31 heavy (non-hydrogen) atoms. The van der Waals surface area contributed by atoms with E-state index in [1.807, 2.05) is 42.2 Å². The Balaban J connectivity index is 1.34. The molecule has 6 nitrogen and oxygen atoms in total. The maximum atomic E-state index is 13.3. The molecule has 5 rings (SSSR count). The Kier molecular flexibility index (Phi) is 5.30. The first-order chi connectivity index (χ1) is 15.1. The Bertz CT molecular complexity index is 1010. The minimum Gasteiger partial charge on any atom is -0.486 e. The highest BCUT2D eigenvalue weighted by molar-refractivity contribution is 6.09. The van der Waals surface area contributed by atoms with Crippen molar-refractivity contribution in [3.63, 3.8) is 0 Å². The summed E-state index contributed by atoms with van der Waals surface area (Å²) in [6, 6.07) is 11.4. The number of hydrogen-bond donors (Lipinski definition) is 1. The number of fused-ring (bicyclic) bond motifs is 2. The summed E-state index contributed by atoms with van der Waals surface area (Å²) >= 11 is 0. The normalized spacial score (nSPS) is 19.1. The number of amides is 2. The van der Waals surface area contributed by atoms with E-state index < -0.39 is 0 Å². The van der Waals surface area contributed by atoms with Crippen molar-refractivity contribution in [2.24, 2.45) is 0 Å². The molecule has 1 atom stereocenters. The van der Waals surface area contributed by atoms with Crippen molar-refractivity contribution >= 4 is 11.8 Å². The van der Waals surface area contributed by atoms with Gasteiger partial charge in [-0.15, -0.1) is 0 Å². The van der Waals surface area contributed by atoms with Crippen LogP contribution < -0.4 is 14.8 Å². The summed E-state index contributed by atoms with van der Waals surface area (Å²) in [4.78, 5) is 28.4. The molecule has 1 N–H and O–H groups in total. The van der Waals surface area contributed by atoms with Gasteiger partial charge in [-0.05, 0) is 49.1 Å². The van der Waals surface area contributed by atoms with Crippen LogP contribution in [-0.2, 0) is 6.54 Å². The van der Waals surface area contributed by atoms with Gasteiger partial charge in [0, 0.05) is 12.6 Å². The lowest BCUT2D eigenvalue weighted by molar-refractivity contribution is 0.0656. The number of nitrogens with zero attached hydrogens (tertiary/aromatic N) is 1. The Hall–Kier alpha value is -3.02. The van der Waals surface area contributed by atoms with E-state index in [0.717, 1.165) is 29.7 Å². The zero-order valence-corrected chi connectivity index (χ0v) is 17.9. The number of rotatable bonds is 4. The molecular weight excluding hydrogens is 392 g/mol. The maximum Gasteiger partial charge on any atom is 0.255 e. The van der Waals surface area contributed by atoms with Crippen molar-refractivity contribution in [2.75, 3.05) is 13.2 Å². The van der Waals surface area contributed by atoms with Crippen molar-refractivity contribution in [3.05, 3.63) is 58.7 Å². The highest BCUT2D eigenvalue weighted by Crippen LogP contribution is 2.34. The van der Waals surface area contributed by atoms with Crippen molar-refractivity contribution in [1.82, 2.24) is 10.2 Å². The van der Waals surface area contributed by atoms with E-state index in [0.29, 0.717) is 42.7 Å². The van der Waals surface area contributed by atoms with Gasteiger partial charge < -0.3 is 19.7 Å². The van der Waals surface area contributed by atoms with Gasteiger partial charge in [0.05, 0.1) is 17.2 Å². The lowest BCUT2D eigenvalue weighted by Gasteiger charge is -2.31. The number of hydrogen-bond acceptors (Lipinski definition) is 4. The van der Waals surface area contributed by atoms with Crippen LogP contribution in [0.2, 0.25) is 0 Å². The van der Waals surface area contributed by atoms with Gasteiger partial charge in [0.2, 0.25) is 0 Å². The predicted octanol–water partition coefficient (Wildman–Crippen LogP) is 4.24. The molecule has 0 spiro atoms. The zero-order chi connectivity index (χ0) is 21.4. The smallest absolute Gasteiger partial charge is 0.255 e. The second-order valence-electron chi connectivity index (χ2n) is 8.66. The lowest BCUT2D eigenvalue weighted by Crippen LogP contribution is -2.37. The van der Waals surface area contributed by atoms with Gasteiger partial charge in [-0.3, -0.25) is 9.59 Å².